The van der Waals surface area contributed by atoms with Crippen molar-refractivity contribution < 1.29 is 14.3 Å². The van der Waals surface area contributed by atoms with E-state index in [0.29, 0.717) is 35.1 Å². The number of hydrogen-bond donors (Lipinski definition) is 2. The summed E-state index contributed by atoms with van der Waals surface area (Å²) < 4.78 is 5.75. The highest BCUT2D eigenvalue weighted by molar-refractivity contribution is 5.94. The first-order valence-corrected chi connectivity index (χ1v) is 9.16. The topological polar surface area (TPSA) is 98.6 Å². The van der Waals surface area contributed by atoms with Gasteiger partial charge in [-0.05, 0) is 67.3 Å². The Morgan fingerprint density at radius 3 is 2.11 bits per heavy atom. The Morgan fingerprint density at radius 2 is 1.59 bits per heavy atom. The predicted octanol–water partition coefficient (Wildman–Crippen LogP) is 2.78. The summed E-state index contributed by atoms with van der Waals surface area (Å²) in [6.45, 7) is 3.43. The summed E-state index contributed by atoms with van der Waals surface area (Å²) in [5, 5.41) is 0. The highest BCUT2D eigenvalue weighted by Crippen LogP contribution is 2.26. The molecular weight excluding hydrogens is 342 g/mol. The molecule has 6 heteroatoms. The fourth-order valence-electron chi connectivity index (χ4n) is 3.40. The van der Waals surface area contributed by atoms with Crippen LogP contribution in [0, 0.1) is 5.92 Å². The molecule has 2 amide bonds. The van der Waals surface area contributed by atoms with Crippen LogP contribution >= 0.6 is 0 Å². The minimum Gasteiger partial charge on any atom is -0.457 e. The number of amides is 2. The summed E-state index contributed by atoms with van der Waals surface area (Å²) in [6, 6.07) is 13.7. The minimum absolute atomic E-state index is 0.00899. The van der Waals surface area contributed by atoms with Gasteiger partial charge in [0.2, 0.25) is 5.91 Å². The molecule has 2 aromatic rings. The molecule has 1 heterocycles. The molecule has 0 bridgehead atoms. The molecule has 1 saturated heterocycles. The zero-order valence-electron chi connectivity index (χ0n) is 15.4. The Labute approximate surface area is 159 Å². The number of nitrogens with zero attached hydrogens (tertiary/aromatic N) is 1. The maximum absolute atomic E-state index is 12.8. The third-order valence-corrected chi connectivity index (χ3v) is 4.99. The molecule has 1 aliphatic rings. The number of carbonyl (C=O) groups is 2. The number of likely N-dealkylation sites (tertiary alicyclic amines) is 1. The van der Waals surface area contributed by atoms with Crippen molar-refractivity contribution in [2.45, 2.75) is 25.8 Å². The Morgan fingerprint density at radius 1 is 1.04 bits per heavy atom. The molecule has 2 atom stereocenters. The van der Waals surface area contributed by atoms with Crippen LogP contribution in [0.15, 0.2) is 48.5 Å². The molecule has 27 heavy (non-hydrogen) atoms. The highest BCUT2D eigenvalue weighted by Gasteiger charge is 2.29. The van der Waals surface area contributed by atoms with Crippen LogP contribution in [-0.2, 0) is 0 Å². The van der Waals surface area contributed by atoms with Crippen LogP contribution in [0.3, 0.4) is 0 Å². The molecule has 6 nitrogen and oxygen atoms in total. The lowest BCUT2D eigenvalue weighted by Gasteiger charge is -2.38. The molecular formula is C21H25N3O3. The molecule has 0 aliphatic carbocycles. The second kappa shape index (κ2) is 8.22. The largest absolute Gasteiger partial charge is 0.457 e. The number of piperidine rings is 1. The van der Waals surface area contributed by atoms with Crippen LogP contribution in [0.2, 0.25) is 0 Å². The first-order chi connectivity index (χ1) is 13.0. The smallest absolute Gasteiger partial charge is 0.254 e. The summed E-state index contributed by atoms with van der Waals surface area (Å²) in [4.78, 5) is 25.8. The van der Waals surface area contributed by atoms with Gasteiger partial charge in [0.1, 0.15) is 11.5 Å². The van der Waals surface area contributed by atoms with E-state index in [-0.39, 0.29) is 11.9 Å². The maximum atomic E-state index is 12.8. The number of primary amides is 1. The minimum atomic E-state index is -0.479. The van der Waals surface area contributed by atoms with Crippen molar-refractivity contribution in [3.63, 3.8) is 0 Å². The van der Waals surface area contributed by atoms with Crippen molar-refractivity contribution in [1.29, 1.82) is 0 Å². The van der Waals surface area contributed by atoms with Gasteiger partial charge in [-0.25, -0.2) is 0 Å². The molecule has 3 rings (SSSR count). The molecule has 4 N–H and O–H groups in total. The van der Waals surface area contributed by atoms with Crippen molar-refractivity contribution in [3.8, 4) is 11.5 Å². The van der Waals surface area contributed by atoms with Gasteiger partial charge in [-0.15, -0.1) is 0 Å². The Hall–Kier alpha value is -2.86. The monoisotopic (exact) mass is 367 g/mol. The highest BCUT2D eigenvalue weighted by atomic mass is 16.5. The van der Waals surface area contributed by atoms with E-state index in [1.807, 2.05) is 4.90 Å². The number of nitrogens with two attached hydrogens (primary N) is 2. The van der Waals surface area contributed by atoms with Gasteiger partial charge in [0.05, 0.1) is 0 Å². The summed E-state index contributed by atoms with van der Waals surface area (Å²) in [7, 11) is 0. The van der Waals surface area contributed by atoms with Crippen LogP contribution in [0.25, 0.3) is 0 Å². The average molecular weight is 367 g/mol. The molecule has 0 radical (unpaired) electrons. The Kier molecular flexibility index (Phi) is 5.76. The molecule has 1 fully saturated rings. The van der Waals surface area contributed by atoms with E-state index < -0.39 is 5.91 Å². The molecule has 1 aliphatic heterocycles. The standard InChI is InChI=1S/C21H25N3O3/c1-14-10-11-24(17(12-14)13-22)21(26)16-4-8-19(9-5-16)27-18-6-2-15(3-7-18)20(23)25/h2-9,14,17H,10-13,22H2,1H3,(H2,23,25). The lowest BCUT2D eigenvalue weighted by atomic mass is 9.92. The van der Waals surface area contributed by atoms with Gasteiger partial charge < -0.3 is 21.1 Å². The van der Waals surface area contributed by atoms with Gasteiger partial charge in [-0.3, -0.25) is 9.59 Å². The van der Waals surface area contributed by atoms with E-state index in [2.05, 4.69) is 6.92 Å². The SMILES string of the molecule is CC1CCN(C(=O)c2ccc(Oc3ccc(C(N)=O)cc3)cc2)C(CN)C1. The third kappa shape index (κ3) is 4.46. The summed E-state index contributed by atoms with van der Waals surface area (Å²) in [5.41, 5.74) is 12.1. The van der Waals surface area contributed by atoms with E-state index in [9.17, 15) is 9.59 Å². The van der Waals surface area contributed by atoms with Gasteiger partial charge in [0.15, 0.2) is 0 Å². The van der Waals surface area contributed by atoms with E-state index >= 15 is 0 Å². The van der Waals surface area contributed by atoms with Gasteiger partial charge >= 0.3 is 0 Å². The van der Waals surface area contributed by atoms with E-state index in [1.54, 1.807) is 48.5 Å². The lowest BCUT2D eigenvalue weighted by molar-refractivity contribution is 0.0573. The molecule has 2 unspecified atom stereocenters. The van der Waals surface area contributed by atoms with Gasteiger partial charge in [0.25, 0.3) is 5.91 Å². The number of hydrogen-bond acceptors (Lipinski definition) is 4. The van der Waals surface area contributed by atoms with Crippen LogP contribution in [-0.4, -0.2) is 35.8 Å². The van der Waals surface area contributed by atoms with Gasteiger partial charge in [-0.2, -0.15) is 0 Å². The van der Waals surface area contributed by atoms with E-state index in [0.717, 1.165) is 19.4 Å². The van der Waals surface area contributed by atoms with Gasteiger partial charge in [0, 0.05) is 30.3 Å². The molecule has 142 valence electrons. The first kappa shape index (κ1) is 18.9. The quantitative estimate of drug-likeness (QED) is 0.849. The van der Waals surface area contributed by atoms with Crippen molar-refractivity contribution >= 4 is 11.8 Å². The molecule has 0 saturated carbocycles. The molecule has 0 aromatic heterocycles. The Balaban J connectivity index is 1.67. The fraction of sp³-hybridized carbons (Fsp3) is 0.333. The van der Waals surface area contributed by atoms with Crippen LogP contribution in [0.5, 0.6) is 11.5 Å². The summed E-state index contributed by atoms with van der Waals surface area (Å²) >= 11 is 0. The fourth-order valence-corrected chi connectivity index (χ4v) is 3.40. The normalized spacial score (nSPS) is 19.6. The number of benzene rings is 2. The average Bonchev–Trinajstić information content (AvgIpc) is 2.68. The number of ether oxygens (including phenoxy) is 1. The van der Waals surface area contributed by atoms with E-state index in [4.69, 9.17) is 16.2 Å². The zero-order chi connectivity index (χ0) is 19.4. The molecule has 0 spiro atoms. The number of rotatable bonds is 5. The van der Waals surface area contributed by atoms with Crippen molar-refractivity contribution in [2.24, 2.45) is 17.4 Å². The second-order valence-electron chi connectivity index (χ2n) is 7.03. The third-order valence-electron chi connectivity index (χ3n) is 4.99. The summed E-state index contributed by atoms with van der Waals surface area (Å²) in [5.74, 6) is 1.33. The predicted molar refractivity (Wildman–Crippen MR) is 104 cm³/mol. The molecule has 2 aromatic carbocycles. The van der Waals surface area contributed by atoms with Crippen LogP contribution in [0.4, 0.5) is 0 Å². The first-order valence-electron chi connectivity index (χ1n) is 9.16. The van der Waals surface area contributed by atoms with Crippen LogP contribution in [0.1, 0.15) is 40.5 Å². The number of carbonyl (C=O) groups excluding carboxylic acids is 2. The Bertz CT molecular complexity index is 802. The summed E-state index contributed by atoms with van der Waals surface area (Å²) in [6.07, 6.45) is 1.95. The van der Waals surface area contributed by atoms with Crippen molar-refractivity contribution in [1.82, 2.24) is 4.90 Å². The zero-order valence-corrected chi connectivity index (χ0v) is 15.4. The van der Waals surface area contributed by atoms with Gasteiger partial charge in [-0.1, -0.05) is 6.92 Å². The van der Waals surface area contributed by atoms with Crippen molar-refractivity contribution in [3.05, 3.63) is 59.7 Å². The van der Waals surface area contributed by atoms with E-state index in [1.165, 1.54) is 0 Å². The van der Waals surface area contributed by atoms with Crippen LogP contribution < -0.4 is 16.2 Å². The van der Waals surface area contributed by atoms with Crippen molar-refractivity contribution in [2.75, 3.05) is 13.1 Å². The maximum Gasteiger partial charge on any atom is 0.254 e. The lowest BCUT2D eigenvalue weighted by Crippen LogP contribution is -2.49. The second-order valence-corrected chi connectivity index (χ2v) is 7.03.